The number of hydrogen-bond acceptors (Lipinski definition) is 13. The number of epoxide rings is 10. The van der Waals surface area contributed by atoms with Crippen LogP contribution in [0.1, 0.15) is 0 Å². The molecule has 192 valence electrons. The van der Waals surface area contributed by atoms with Gasteiger partial charge in [-0.25, -0.2) is 4.18 Å². The van der Waals surface area contributed by atoms with Gasteiger partial charge in [-0.2, -0.15) is 8.42 Å². The lowest BCUT2D eigenvalue weighted by atomic mass is 9.65. The smallest absolute Gasteiger partial charge is 0.370 e. The topological polar surface area (TPSA) is 189 Å². The minimum atomic E-state index is -4.75. The molecule has 35 heavy (non-hydrogen) atoms. The zero-order valence-electron chi connectivity index (χ0n) is 18.1. The fourth-order valence-corrected chi connectivity index (χ4v) is 7.83. The van der Waals surface area contributed by atoms with Crippen molar-refractivity contribution in [2.45, 2.75) is 83.1 Å². The normalized spacial score (nSPS) is 68.1. The quantitative estimate of drug-likeness (QED) is 0.216. The van der Waals surface area contributed by atoms with E-state index in [1.165, 1.54) is 0 Å². The molecular formula is C20H22O14S. The molecule has 14 nitrogen and oxygen atoms in total. The Hall–Kier alpha value is -0.530. The Bertz CT molecular complexity index is 1110. The lowest BCUT2D eigenvalue weighted by Gasteiger charge is -2.27. The summed E-state index contributed by atoms with van der Waals surface area (Å²) >= 11 is 0. The maximum atomic E-state index is 11.4. The molecule has 10 aliphatic rings. The van der Waals surface area contributed by atoms with Gasteiger partial charge in [0.05, 0.1) is 39.6 Å². The number of hydrogen-bond donors (Lipinski definition) is 1. The van der Waals surface area contributed by atoms with Crippen LogP contribution in [0.5, 0.6) is 0 Å². The minimum absolute atomic E-state index is 0.149. The summed E-state index contributed by atoms with van der Waals surface area (Å²) in [5.74, 6) is 0. The molecule has 1 N–H and O–H groups in total. The SMILES string of the molecule is O=S(=O)(O)OC1OC1C1(C2CO2)OC1(C1OC1(C1CO1)C1CO1)C1(C2CO2)OC1(C1CO1)C1CO1. The van der Waals surface area contributed by atoms with Crippen LogP contribution in [0, 0.1) is 0 Å². The molecule has 12 unspecified atom stereocenters. The molecule has 0 radical (unpaired) electrons. The molecule has 0 bridgehead atoms. The Morgan fingerprint density at radius 1 is 0.686 bits per heavy atom. The first-order valence-corrected chi connectivity index (χ1v) is 13.3. The van der Waals surface area contributed by atoms with Crippen molar-refractivity contribution in [2.75, 3.05) is 39.6 Å². The van der Waals surface area contributed by atoms with Crippen molar-refractivity contribution >= 4 is 10.4 Å². The van der Waals surface area contributed by atoms with E-state index in [-0.39, 0.29) is 30.5 Å². The average molecular weight is 518 g/mol. The predicted octanol–water partition coefficient (Wildman–Crippen LogP) is -2.92. The van der Waals surface area contributed by atoms with Crippen molar-refractivity contribution in [1.29, 1.82) is 0 Å². The first kappa shape index (κ1) is 20.4. The van der Waals surface area contributed by atoms with Gasteiger partial charge in [0.15, 0.2) is 28.0 Å². The summed E-state index contributed by atoms with van der Waals surface area (Å²) in [6.07, 6.45) is -3.97. The van der Waals surface area contributed by atoms with Gasteiger partial charge in [-0.15, -0.1) is 0 Å². The lowest BCUT2D eigenvalue weighted by Crippen LogP contribution is -2.60. The standard InChI is InChI=1S/C20H22O14S/c21-35(22,23)32-14-13(30-14)18(11-5-28-11)20(34-18,15-16(31-15,7-1-24-7)8-2-25-8)19(12-6-29-12)17(33-19,9-3-26-9)10-4-27-10/h7-15H,1-6H2,(H,21,22,23). The fourth-order valence-electron chi connectivity index (χ4n) is 7.45. The van der Waals surface area contributed by atoms with Gasteiger partial charge in [0.2, 0.25) is 6.29 Å². The molecule has 10 rings (SSSR count). The summed E-state index contributed by atoms with van der Waals surface area (Å²) in [5, 5.41) is 0. The maximum absolute atomic E-state index is 11.4. The molecule has 12 atom stereocenters. The van der Waals surface area contributed by atoms with Crippen molar-refractivity contribution in [3.8, 4) is 0 Å². The Kier molecular flexibility index (Phi) is 3.26. The number of rotatable bonds is 11. The molecule has 0 aliphatic carbocycles. The van der Waals surface area contributed by atoms with Gasteiger partial charge in [-0.05, 0) is 0 Å². The lowest BCUT2D eigenvalue weighted by molar-refractivity contribution is 0.0994. The van der Waals surface area contributed by atoms with Crippen LogP contribution in [0.25, 0.3) is 0 Å². The van der Waals surface area contributed by atoms with E-state index in [2.05, 4.69) is 0 Å². The van der Waals surface area contributed by atoms with E-state index in [1.807, 2.05) is 0 Å². The van der Waals surface area contributed by atoms with E-state index >= 15 is 0 Å². The molecule has 0 aromatic rings. The Labute approximate surface area is 198 Å². The van der Waals surface area contributed by atoms with Crippen molar-refractivity contribution in [3.63, 3.8) is 0 Å². The third-order valence-corrected chi connectivity index (χ3v) is 9.75. The van der Waals surface area contributed by atoms with Gasteiger partial charge >= 0.3 is 10.4 Å². The summed E-state index contributed by atoms with van der Waals surface area (Å²) < 4.78 is 97.2. The van der Waals surface area contributed by atoms with Crippen LogP contribution in [0.3, 0.4) is 0 Å². The van der Waals surface area contributed by atoms with Crippen LogP contribution < -0.4 is 0 Å². The van der Waals surface area contributed by atoms with Crippen molar-refractivity contribution in [3.05, 3.63) is 0 Å². The van der Waals surface area contributed by atoms with E-state index < -0.39 is 63.0 Å². The molecule has 15 heteroatoms. The highest BCUT2D eigenvalue weighted by Gasteiger charge is 3.08. The van der Waals surface area contributed by atoms with E-state index in [4.69, 9.17) is 51.6 Å². The van der Waals surface area contributed by atoms with Gasteiger partial charge in [0.1, 0.15) is 48.8 Å². The largest absolute Gasteiger partial charge is 0.399 e. The zero-order valence-corrected chi connectivity index (χ0v) is 18.9. The van der Waals surface area contributed by atoms with Crippen LogP contribution in [-0.4, -0.2) is 136 Å². The second-order valence-corrected chi connectivity index (χ2v) is 12.0. The zero-order chi connectivity index (χ0) is 23.2. The number of ether oxygens (including phenoxy) is 10. The summed E-state index contributed by atoms with van der Waals surface area (Å²) in [6, 6.07) is 0. The maximum Gasteiger partial charge on any atom is 0.399 e. The van der Waals surface area contributed by atoms with Crippen LogP contribution in [-0.2, 0) is 62.0 Å². The molecule has 10 aliphatic heterocycles. The highest BCUT2D eigenvalue weighted by molar-refractivity contribution is 7.80. The summed E-state index contributed by atoms with van der Waals surface area (Å²) in [7, 11) is -4.75. The van der Waals surface area contributed by atoms with Gasteiger partial charge in [0, 0.05) is 0 Å². The van der Waals surface area contributed by atoms with Crippen LogP contribution in [0.4, 0.5) is 0 Å². The highest BCUT2D eigenvalue weighted by atomic mass is 32.3. The van der Waals surface area contributed by atoms with Crippen LogP contribution >= 0.6 is 0 Å². The van der Waals surface area contributed by atoms with E-state index in [0.29, 0.717) is 39.6 Å². The first-order valence-electron chi connectivity index (χ1n) is 11.9. The molecule has 0 amide bonds. The van der Waals surface area contributed by atoms with Gasteiger partial charge in [-0.3, -0.25) is 4.55 Å². The molecule has 0 aromatic heterocycles. The fraction of sp³-hybridized carbons (Fsp3) is 1.00. The Balaban J connectivity index is 1.13. The third-order valence-electron chi connectivity index (χ3n) is 9.32. The second kappa shape index (κ2) is 5.59. The average Bonchev–Trinajstić information content (AvgIpc) is 3.61. The predicted molar refractivity (Wildman–Crippen MR) is 100 cm³/mol. The van der Waals surface area contributed by atoms with E-state index in [9.17, 15) is 13.0 Å². The van der Waals surface area contributed by atoms with Crippen LogP contribution in [0.2, 0.25) is 0 Å². The molecular weight excluding hydrogens is 496 g/mol. The van der Waals surface area contributed by atoms with Crippen molar-refractivity contribution < 1.29 is 64.5 Å². The Morgan fingerprint density at radius 3 is 1.66 bits per heavy atom. The third kappa shape index (κ3) is 2.28. The molecule has 0 spiro atoms. The molecule has 10 saturated heterocycles. The van der Waals surface area contributed by atoms with Gasteiger partial charge in [0.25, 0.3) is 0 Å². The Morgan fingerprint density at radius 2 is 1.17 bits per heavy atom. The first-order chi connectivity index (χ1) is 16.8. The van der Waals surface area contributed by atoms with E-state index in [1.54, 1.807) is 0 Å². The summed E-state index contributed by atoms with van der Waals surface area (Å²) in [6.45, 7) is 2.99. The highest BCUT2D eigenvalue weighted by Crippen LogP contribution is 2.83. The molecule has 0 saturated carbocycles. The van der Waals surface area contributed by atoms with Crippen molar-refractivity contribution in [2.24, 2.45) is 0 Å². The molecule has 0 aromatic carbocycles. The van der Waals surface area contributed by atoms with Gasteiger partial charge in [-0.1, -0.05) is 0 Å². The summed E-state index contributed by atoms with van der Waals surface area (Å²) in [5.41, 5.74) is -4.83. The summed E-state index contributed by atoms with van der Waals surface area (Å²) in [4.78, 5) is 0. The second-order valence-electron chi connectivity index (χ2n) is 11.0. The molecule has 10 fully saturated rings. The van der Waals surface area contributed by atoms with Crippen molar-refractivity contribution in [1.82, 2.24) is 0 Å². The van der Waals surface area contributed by atoms with Crippen LogP contribution in [0.15, 0.2) is 0 Å². The minimum Gasteiger partial charge on any atom is -0.370 e. The van der Waals surface area contributed by atoms with Gasteiger partial charge < -0.3 is 47.4 Å². The van der Waals surface area contributed by atoms with E-state index in [0.717, 1.165) is 0 Å². The molecule has 10 heterocycles. The monoisotopic (exact) mass is 518 g/mol.